The topological polar surface area (TPSA) is 55.9 Å². The summed E-state index contributed by atoms with van der Waals surface area (Å²) in [7, 11) is 0. The SMILES string of the molecule is O=C(NCc1ccc(F)cc1)N1CCC(N2CC3CC(C2)[C@H]2CCCC(=O)N2C3)CC1. The van der Waals surface area contributed by atoms with E-state index in [0.717, 1.165) is 64.0 Å². The van der Waals surface area contributed by atoms with Gasteiger partial charge in [0.05, 0.1) is 0 Å². The van der Waals surface area contributed by atoms with E-state index in [9.17, 15) is 14.0 Å². The molecule has 4 aliphatic heterocycles. The number of nitrogens with zero attached hydrogens (tertiary/aromatic N) is 3. The number of nitrogens with one attached hydrogen (secondary N) is 1. The van der Waals surface area contributed by atoms with Crippen molar-refractivity contribution in [1.29, 1.82) is 0 Å². The number of piperidine rings is 4. The first-order chi connectivity index (χ1) is 15.1. The van der Waals surface area contributed by atoms with Crippen molar-refractivity contribution < 1.29 is 14.0 Å². The summed E-state index contributed by atoms with van der Waals surface area (Å²) in [5.74, 6) is 1.34. The van der Waals surface area contributed by atoms with Gasteiger partial charge in [-0.3, -0.25) is 9.69 Å². The fourth-order valence-electron chi connectivity index (χ4n) is 6.27. The van der Waals surface area contributed by atoms with E-state index in [2.05, 4.69) is 15.1 Å². The molecule has 0 aromatic heterocycles. The molecule has 1 aromatic carbocycles. The third-order valence-corrected chi connectivity index (χ3v) is 7.83. The van der Waals surface area contributed by atoms with Gasteiger partial charge in [0.1, 0.15) is 5.82 Å². The molecule has 168 valence electrons. The van der Waals surface area contributed by atoms with Gasteiger partial charge in [0.25, 0.3) is 0 Å². The summed E-state index contributed by atoms with van der Waals surface area (Å²) in [6, 6.07) is 7.21. The molecule has 4 fully saturated rings. The summed E-state index contributed by atoms with van der Waals surface area (Å²) in [6.07, 6.45) is 6.25. The summed E-state index contributed by atoms with van der Waals surface area (Å²) >= 11 is 0. The number of carbonyl (C=O) groups is 2. The highest BCUT2D eigenvalue weighted by molar-refractivity contribution is 5.77. The Morgan fingerprint density at radius 2 is 1.84 bits per heavy atom. The minimum absolute atomic E-state index is 0.0327. The number of hydrogen-bond donors (Lipinski definition) is 1. The average molecular weight is 429 g/mol. The van der Waals surface area contributed by atoms with E-state index in [1.165, 1.54) is 25.0 Å². The lowest BCUT2D eigenvalue weighted by atomic mass is 9.75. The number of benzene rings is 1. The second-order valence-electron chi connectivity index (χ2n) is 9.82. The fourth-order valence-corrected chi connectivity index (χ4v) is 6.27. The summed E-state index contributed by atoms with van der Waals surface area (Å²) in [5.41, 5.74) is 0.903. The molecule has 0 spiro atoms. The maximum absolute atomic E-state index is 13.0. The second-order valence-corrected chi connectivity index (χ2v) is 9.82. The van der Waals surface area contributed by atoms with Crippen molar-refractivity contribution in [3.05, 3.63) is 35.6 Å². The maximum Gasteiger partial charge on any atom is 0.317 e. The lowest BCUT2D eigenvalue weighted by molar-refractivity contribution is -0.145. The van der Waals surface area contributed by atoms with Gasteiger partial charge in [0.2, 0.25) is 5.91 Å². The molecular formula is C24H33FN4O2. The molecule has 3 amide bonds. The standard InChI is InChI=1S/C24H33FN4O2/c25-20-6-4-17(5-7-20)13-26-24(31)27-10-8-21(9-11-27)28-14-18-12-19(16-28)22-2-1-3-23(30)29(22)15-18/h4-7,18-19,21-22H,1-3,8-16H2,(H,26,31)/t18?,19?,22-/m1/s1. The van der Waals surface area contributed by atoms with Crippen molar-refractivity contribution in [1.82, 2.24) is 20.0 Å². The van der Waals surface area contributed by atoms with Gasteiger partial charge in [-0.05, 0) is 61.6 Å². The molecule has 5 rings (SSSR count). The Bertz CT molecular complexity index is 808. The van der Waals surface area contributed by atoms with Gasteiger partial charge < -0.3 is 15.1 Å². The largest absolute Gasteiger partial charge is 0.339 e. The third kappa shape index (κ3) is 4.43. The number of urea groups is 1. The first kappa shape index (κ1) is 20.7. The zero-order valence-corrected chi connectivity index (χ0v) is 18.1. The monoisotopic (exact) mass is 428 g/mol. The van der Waals surface area contributed by atoms with E-state index in [0.29, 0.717) is 36.4 Å². The van der Waals surface area contributed by atoms with Crippen LogP contribution in [0.25, 0.3) is 0 Å². The summed E-state index contributed by atoms with van der Waals surface area (Å²) in [6.45, 7) is 5.12. The fraction of sp³-hybridized carbons (Fsp3) is 0.667. The molecule has 1 N–H and O–H groups in total. The molecule has 0 saturated carbocycles. The van der Waals surface area contributed by atoms with Crippen LogP contribution >= 0.6 is 0 Å². The van der Waals surface area contributed by atoms with Crippen LogP contribution in [0.4, 0.5) is 9.18 Å². The molecule has 4 heterocycles. The lowest BCUT2D eigenvalue weighted by Crippen LogP contribution is -2.62. The van der Waals surface area contributed by atoms with Crippen molar-refractivity contribution in [3.8, 4) is 0 Å². The Hall–Kier alpha value is -2.15. The van der Waals surface area contributed by atoms with Crippen molar-refractivity contribution in [2.45, 2.75) is 57.2 Å². The maximum atomic E-state index is 13.0. The van der Waals surface area contributed by atoms with E-state index < -0.39 is 0 Å². The summed E-state index contributed by atoms with van der Waals surface area (Å²) in [5, 5.41) is 2.96. The Morgan fingerprint density at radius 3 is 2.61 bits per heavy atom. The molecule has 6 nitrogen and oxygen atoms in total. The zero-order chi connectivity index (χ0) is 21.4. The van der Waals surface area contributed by atoms with Crippen molar-refractivity contribution in [2.75, 3.05) is 32.7 Å². The smallest absolute Gasteiger partial charge is 0.317 e. The van der Waals surface area contributed by atoms with Gasteiger partial charge in [-0.2, -0.15) is 0 Å². The van der Waals surface area contributed by atoms with Gasteiger partial charge in [0, 0.05) is 57.8 Å². The Balaban J connectivity index is 1.11. The van der Waals surface area contributed by atoms with Crippen LogP contribution in [-0.4, -0.2) is 71.4 Å². The van der Waals surface area contributed by atoms with Gasteiger partial charge in [-0.1, -0.05) is 12.1 Å². The quantitative estimate of drug-likeness (QED) is 0.806. The molecule has 7 heteroatoms. The van der Waals surface area contributed by atoms with E-state index in [1.54, 1.807) is 12.1 Å². The lowest BCUT2D eigenvalue weighted by Gasteiger charge is -2.54. The highest BCUT2D eigenvalue weighted by atomic mass is 19.1. The normalized spacial score (nSPS) is 29.6. The van der Waals surface area contributed by atoms with Crippen molar-refractivity contribution >= 4 is 11.9 Å². The van der Waals surface area contributed by atoms with Gasteiger partial charge in [-0.15, -0.1) is 0 Å². The van der Waals surface area contributed by atoms with Crippen LogP contribution in [-0.2, 0) is 11.3 Å². The Labute approximate surface area is 183 Å². The third-order valence-electron chi connectivity index (χ3n) is 7.83. The van der Waals surface area contributed by atoms with Gasteiger partial charge >= 0.3 is 6.03 Å². The van der Waals surface area contributed by atoms with Gasteiger partial charge in [0.15, 0.2) is 0 Å². The highest BCUT2D eigenvalue weighted by Crippen LogP contribution is 2.39. The molecule has 0 aliphatic carbocycles. The predicted octanol–water partition coefficient (Wildman–Crippen LogP) is 2.83. The van der Waals surface area contributed by atoms with E-state index >= 15 is 0 Å². The first-order valence-corrected chi connectivity index (χ1v) is 11.9. The minimum atomic E-state index is -0.262. The number of carbonyl (C=O) groups excluding carboxylic acids is 2. The summed E-state index contributed by atoms with van der Waals surface area (Å²) in [4.78, 5) is 31.7. The molecule has 3 atom stereocenters. The van der Waals surface area contributed by atoms with Crippen molar-refractivity contribution in [3.63, 3.8) is 0 Å². The zero-order valence-electron chi connectivity index (χ0n) is 18.1. The van der Waals surface area contributed by atoms with Crippen LogP contribution in [0.5, 0.6) is 0 Å². The molecule has 0 radical (unpaired) electrons. The number of halogens is 1. The molecule has 31 heavy (non-hydrogen) atoms. The molecule has 2 bridgehead atoms. The molecule has 2 unspecified atom stereocenters. The summed E-state index contributed by atoms with van der Waals surface area (Å²) < 4.78 is 13.0. The number of hydrogen-bond acceptors (Lipinski definition) is 3. The van der Waals surface area contributed by atoms with Crippen molar-refractivity contribution in [2.24, 2.45) is 11.8 Å². The Morgan fingerprint density at radius 1 is 1.06 bits per heavy atom. The van der Waals surface area contributed by atoms with Crippen LogP contribution in [0.1, 0.15) is 44.1 Å². The van der Waals surface area contributed by atoms with Gasteiger partial charge in [-0.25, -0.2) is 9.18 Å². The number of likely N-dealkylation sites (tertiary alicyclic amines) is 2. The Kier molecular flexibility index (Phi) is 5.87. The van der Waals surface area contributed by atoms with Crippen LogP contribution in [0.2, 0.25) is 0 Å². The van der Waals surface area contributed by atoms with E-state index in [1.807, 2.05) is 4.90 Å². The minimum Gasteiger partial charge on any atom is -0.339 e. The number of fused-ring (bicyclic) bond motifs is 4. The number of amides is 3. The van der Waals surface area contributed by atoms with Crippen LogP contribution in [0, 0.1) is 17.7 Å². The highest BCUT2D eigenvalue weighted by Gasteiger charge is 2.45. The molecule has 4 aliphatic rings. The van der Waals surface area contributed by atoms with Crippen LogP contribution in [0.3, 0.4) is 0 Å². The molecule has 1 aromatic rings. The van der Waals surface area contributed by atoms with E-state index in [-0.39, 0.29) is 11.8 Å². The average Bonchev–Trinajstić information content (AvgIpc) is 2.79. The predicted molar refractivity (Wildman–Crippen MR) is 116 cm³/mol. The molecular weight excluding hydrogens is 395 g/mol. The van der Waals surface area contributed by atoms with E-state index in [4.69, 9.17) is 0 Å². The van der Waals surface area contributed by atoms with Crippen LogP contribution < -0.4 is 5.32 Å². The van der Waals surface area contributed by atoms with Crippen LogP contribution in [0.15, 0.2) is 24.3 Å². The molecule has 4 saturated heterocycles. The number of rotatable bonds is 3. The second kappa shape index (κ2) is 8.77. The first-order valence-electron chi connectivity index (χ1n) is 11.9.